The molecule has 3 nitrogen and oxygen atoms in total. The van der Waals surface area contributed by atoms with E-state index in [1.165, 1.54) is 60.2 Å². The van der Waals surface area contributed by atoms with Crippen LogP contribution in [0.25, 0.3) is 71.6 Å². The summed E-state index contributed by atoms with van der Waals surface area (Å²) in [5, 5.41) is 6.29. The number of para-hydroxylation sites is 4. The highest BCUT2D eigenvalue weighted by molar-refractivity contribution is 6.13. The van der Waals surface area contributed by atoms with Gasteiger partial charge in [0, 0.05) is 50.2 Å². The van der Waals surface area contributed by atoms with Crippen molar-refractivity contribution in [2.24, 2.45) is 0 Å². The van der Waals surface area contributed by atoms with Gasteiger partial charge in [-0.05, 0) is 66.7 Å². The smallest absolute Gasteiger partial charge is 0.0548 e. The van der Waals surface area contributed by atoms with Crippen LogP contribution < -0.4 is 0 Å². The van der Waals surface area contributed by atoms with Crippen molar-refractivity contribution >= 4 is 54.5 Å². The average molecular weight is 524 g/mol. The molecule has 9 rings (SSSR count). The number of hydrogen-bond donors (Lipinski definition) is 0. The Labute approximate surface area is 236 Å². The summed E-state index contributed by atoms with van der Waals surface area (Å²) in [6.45, 7) is 0. The van der Waals surface area contributed by atoms with E-state index in [4.69, 9.17) is 0 Å². The van der Waals surface area contributed by atoms with E-state index in [2.05, 4.69) is 165 Å². The second-order valence-electron chi connectivity index (χ2n) is 10.7. The topological polar surface area (TPSA) is 14.8 Å². The van der Waals surface area contributed by atoms with Crippen LogP contribution >= 0.6 is 0 Å². The Hall–Kier alpha value is -5.54. The van der Waals surface area contributed by atoms with E-state index in [1.807, 2.05) is 0 Å². The van der Waals surface area contributed by atoms with Gasteiger partial charge in [-0.25, -0.2) is 0 Å². The zero-order valence-electron chi connectivity index (χ0n) is 22.3. The standard InChI is InChI=1S/C38H25N3/c1-2-11-27(12-3-1)39-22-21-26-23-38-33(25-37(26)39)32-17-6-9-20-36(32)41(38)29-14-10-13-28(24-29)40-34-18-7-4-15-30(34)31-16-5-8-19-35(31)40/h1-25H. The first kappa shape index (κ1) is 22.3. The van der Waals surface area contributed by atoms with Gasteiger partial charge in [0.1, 0.15) is 0 Å². The van der Waals surface area contributed by atoms with Crippen molar-refractivity contribution in [2.45, 2.75) is 0 Å². The lowest BCUT2D eigenvalue weighted by Gasteiger charge is -2.13. The molecule has 0 spiro atoms. The van der Waals surface area contributed by atoms with E-state index in [0.29, 0.717) is 0 Å². The number of nitrogens with zero attached hydrogens (tertiary/aromatic N) is 3. The molecule has 0 radical (unpaired) electrons. The molecule has 0 bridgehead atoms. The van der Waals surface area contributed by atoms with E-state index in [9.17, 15) is 0 Å². The highest BCUT2D eigenvalue weighted by Gasteiger charge is 2.17. The number of hydrogen-bond acceptors (Lipinski definition) is 0. The summed E-state index contributed by atoms with van der Waals surface area (Å²) < 4.78 is 7.09. The molecule has 0 aliphatic carbocycles. The van der Waals surface area contributed by atoms with E-state index < -0.39 is 0 Å². The predicted molar refractivity (Wildman–Crippen MR) is 172 cm³/mol. The zero-order chi connectivity index (χ0) is 26.9. The summed E-state index contributed by atoms with van der Waals surface area (Å²) in [6, 6.07) is 52.6. The molecule has 192 valence electrons. The third-order valence-corrected chi connectivity index (χ3v) is 8.44. The Morgan fingerprint density at radius 1 is 0.317 bits per heavy atom. The highest BCUT2D eigenvalue weighted by atomic mass is 15.0. The van der Waals surface area contributed by atoms with Gasteiger partial charge in [0.05, 0.1) is 27.6 Å². The van der Waals surface area contributed by atoms with E-state index >= 15 is 0 Å². The fraction of sp³-hybridized carbons (Fsp3) is 0. The first-order valence-corrected chi connectivity index (χ1v) is 14.0. The van der Waals surface area contributed by atoms with Crippen LogP contribution in [0.1, 0.15) is 0 Å². The molecule has 3 aromatic heterocycles. The summed E-state index contributed by atoms with van der Waals surface area (Å²) in [5.74, 6) is 0. The van der Waals surface area contributed by atoms with Gasteiger partial charge in [0.15, 0.2) is 0 Å². The molecule has 0 atom stereocenters. The van der Waals surface area contributed by atoms with Crippen molar-refractivity contribution in [3.8, 4) is 17.1 Å². The maximum Gasteiger partial charge on any atom is 0.0548 e. The summed E-state index contributed by atoms with van der Waals surface area (Å²) in [5.41, 5.74) is 9.55. The molecule has 0 unspecified atom stereocenters. The fourth-order valence-electron chi connectivity index (χ4n) is 6.66. The number of aromatic nitrogens is 3. The molecule has 9 aromatic rings. The first-order chi connectivity index (χ1) is 20.3. The van der Waals surface area contributed by atoms with Crippen LogP contribution in [0.4, 0.5) is 0 Å². The van der Waals surface area contributed by atoms with Crippen LogP contribution in [0.15, 0.2) is 152 Å². The van der Waals surface area contributed by atoms with Gasteiger partial charge in [0.2, 0.25) is 0 Å². The lowest BCUT2D eigenvalue weighted by atomic mass is 10.1. The predicted octanol–water partition coefficient (Wildman–Crippen LogP) is 9.82. The second-order valence-corrected chi connectivity index (χ2v) is 10.7. The van der Waals surface area contributed by atoms with Gasteiger partial charge >= 0.3 is 0 Å². The Balaban J connectivity index is 1.32. The van der Waals surface area contributed by atoms with E-state index in [1.54, 1.807) is 0 Å². The number of fused-ring (bicyclic) bond motifs is 7. The Morgan fingerprint density at radius 2 is 0.829 bits per heavy atom. The van der Waals surface area contributed by atoms with Crippen LogP contribution in [0.2, 0.25) is 0 Å². The molecule has 41 heavy (non-hydrogen) atoms. The molecular formula is C38H25N3. The largest absolute Gasteiger partial charge is 0.317 e. The lowest BCUT2D eigenvalue weighted by molar-refractivity contribution is 1.13. The normalized spacial score (nSPS) is 11.9. The van der Waals surface area contributed by atoms with Crippen LogP contribution in [0.3, 0.4) is 0 Å². The van der Waals surface area contributed by atoms with Gasteiger partial charge in [-0.15, -0.1) is 0 Å². The van der Waals surface area contributed by atoms with Gasteiger partial charge in [-0.3, -0.25) is 0 Å². The van der Waals surface area contributed by atoms with Crippen LogP contribution in [0.5, 0.6) is 0 Å². The van der Waals surface area contributed by atoms with Gasteiger partial charge < -0.3 is 13.7 Å². The zero-order valence-corrected chi connectivity index (χ0v) is 22.3. The van der Waals surface area contributed by atoms with E-state index in [0.717, 1.165) is 11.4 Å². The molecule has 0 N–H and O–H groups in total. The minimum atomic E-state index is 1.15. The van der Waals surface area contributed by atoms with E-state index in [-0.39, 0.29) is 0 Å². The van der Waals surface area contributed by atoms with Gasteiger partial charge in [-0.1, -0.05) is 78.9 Å². The van der Waals surface area contributed by atoms with Crippen LogP contribution in [0, 0.1) is 0 Å². The average Bonchev–Trinajstić information content (AvgIpc) is 3.70. The minimum absolute atomic E-state index is 1.15. The fourth-order valence-corrected chi connectivity index (χ4v) is 6.66. The first-order valence-electron chi connectivity index (χ1n) is 14.0. The van der Waals surface area contributed by atoms with Crippen LogP contribution in [-0.2, 0) is 0 Å². The lowest BCUT2D eigenvalue weighted by Crippen LogP contribution is -1.98. The van der Waals surface area contributed by atoms with Crippen molar-refractivity contribution in [3.05, 3.63) is 152 Å². The van der Waals surface area contributed by atoms with Crippen LogP contribution in [-0.4, -0.2) is 13.7 Å². The summed E-state index contributed by atoms with van der Waals surface area (Å²) >= 11 is 0. The number of rotatable bonds is 3. The molecule has 0 aliphatic rings. The summed E-state index contributed by atoms with van der Waals surface area (Å²) in [4.78, 5) is 0. The van der Waals surface area contributed by atoms with Crippen molar-refractivity contribution in [3.63, 3.8) is 0 Å². The molecule has 6 aromatic carbocycles. The quantitative estimate of drug-likeness (QED) is 0.219. The SMILES string of the molecule is c1ccc(-n2ccc3cc4c(cc32)c2ccccc2n4-c2cccc(-n3c4ccccc4c4ccccc43)c2)cc1. The maximum atomic E-state index is 2.42. The summed E-state index contributed by atoms with van der Waals surface area (Å²) in [7, 11) is 0. The molecule has 3 heteroatoms. The van der Waals surface area contributed by atoms with Gasteiger partial charge in [0.25, 0.3) is 0 Å². The molecule has 0 fully saturated rings. The molecule has 0 saturated carbocycles. The third kappa shape index (κ3) is 3.20. The molecule has 3 heterocycles. The minimum Gasteiger partial charge on any atom is -0.317 e. The Bertz CT molecular complexity index is 2360. The maximum absolute atomic E-state index is 2.42. The molecule has 0 aliphatic heterocycles. The van der Waals surface area contributed by atoms with Gasteiger partial charge in [-0.2, -0.15) is 0 Å². The third-order valence-electron chi connectivity index (χ3n) is 8.44. The second kappa shape index (κ2) is 8.48. The molecular weight excluding hydrogens is 498 g/mol. The molecule has 0 amide bonds. The number of benzene rings is 6. The van der Waals surface area contributed by atoms with Crippen molar-refractivity contribution < 1.29 is 0 Å². The van der Waals surface area contributed by atoms with Crippen molar-refractivity contribution in [2.75, 3.05) is 0 Å². The van der Waals surface area contributed by atoms with Crippen molar-refractivity contribution in [1.29, 1.82) is 0 Å². The monoisotopic (exact) mass is 523 g/mol. The highest BCUT2D eigenvalue weighted by Crippen LogP contribution is 2.37. The molecule has 0 saturated heterocycles. The summed E-state index contributed by atoms with van der Waals surface area (Å²) in [6.07, 6.45) is 2.17. The Kier molecular flexibility index (Phi) is 4.61. The van der Waals surface area contributed by atoms with Crippen molar-refractivity contribution in [1.82, 2.24) is 13.7 Å². The Morgan fingerprint density at radius 3 is 1.46 bits per heavy atom.